The quantitative estimate of drug-likeness (QED) is 0.245. The summed E-state index contributed by atoms with van der Waals surface area (Å²) >= 11 is 0. The molecule has 0 atom stereocenters. The van der Waals surface area contributed by atoms with E-state index in [1.165, 1.54) is 25.3 Å². The van der Waals surface area contributed by atoms with E-state index in [1.54, 1.807) is 0 Å². The summed E-state index contributed by atoms with van der Waals surface area (Å²) in [7, 11) is 0. The molecule has 2 rings (SSSR count). The molecule has 0 spiro atoms. The van der Waals surface area contributed by atoms with Crippen molar-refractivity contribution in [1.29, 1.82) is 0 Å². The van der Waals surface area contributed by atoms with Crippen LogP contribution in [0.15, 0.2) is 25.3 Å². The Labute approximate surface area is 175 Å². The van der Waals surface area contributed by atoms with Crippen LogP contribution in [0, 0.1) is 0 Å². The van der Waals surface area contributed by atoms with Crippen LogP contribution in [0.25, 0.3) is 0 Å². The number of aromatic amines is 2. The van der Waals surface area contributed by atoms with Crippen molar-refractivity contribution in [3.63, 3.8) is 0 Å². The summed E-state index contributed by atoms with van der Waals surface area (Å²) in [6, 6.07) is 0. The number of carbonyl (C=O) groups excluding carboxylic acids is 4. The van der Waals surface area contributed by atoms with Gasteiger partial charge in [-0.25, -0.2) is 0 Å². The van der Waals surface area contributed by atoms with Crippen LogP contribution in [0.3, 0.4) is 0 Å². The molecule has 2 aromatic heterocycles. The predicted octanol–water partition coefficient (Wildman–Crippen LogP) is -10.7. The number of rotatable bonds is 0. The Balaban J connectivity index is -0.0000000296. The molecule has 28 heavy (non-hydrogen) atoms. The minimum atomic E-state index is -2.19. The summed E-state index contributed by atoms with van der Waals surface area (Å²) in [6.45, 7) is 0. The monoisotopic (exact) mass is 512 g/mol. The standard InChI is InChI=1S/2C2H3N3.2C2H2O4.2Cu.4H2O/c2*1-3-2-5-4-1;2*3-1(4)2(5)6;;;;;;/h2*1-2H,(H,3,4,5);2*(H,3,4)(H,5,6);;;4*1H2/q;;;;2*+2;;;;/p-4. The van der Waals surface area contributed by atoms with Crippen LogP contribution >= 0.6 is 0 Å². The second kappa shape index (κ2) is 35.2. The van der Waals surface area contributed by atoms with Crippen LogP contribution in [0.1, 0.15) is 0 Å². The number of carbonyl (C=O) groups is 4. The van der Waals surface area contributed by atoms with Gasteiger partial charge < -0.3 is 71.5 Å². The number of aromatic nitrogens is 6. The average Bonchev–Trinajstić information content (AvgIpc) is 3.18. The molecule has 0 saturated heterocycles. The molecule has 0 unspecified atom stereocenters. The third-order valence-electron chi connectivity index (χ3n) is 0.996. The van der Waals surface area contributed by atoms with Crippen LogP contribution in [0.4, 0.5) is 0 Å². The van der Waals surface area contributed by atoms with E-state index in [1.807, 2.05) is 0 Å². The zero-order valence-corrected chi connectivity index (χ0v) is 14.9. The SMILES string of the molecule is O.O.O.O.O=C([O-])C(=O)[O-].O=C([O-])C(=O)[O-].[Cu+2].[Cu+2].c1nnc[nH]1.c1nnc[nH]1. The van der Waals surface area contributed by atoms with E-state index in [-0.39, 0.29) is 56.0 Å². The minimum absolute atomic E-state index is 0. The molecule has 0 bridgehead atoms. The van der Waals surface area contributed by atoms with Gasteiger partial charge in [0.05, 0.1) is 23.9 Å². The van der Waals surface area contributed by atoms with Gasteiger partial charge in [-0.2, -0.15) is 0 Å². The molecule has 170 valence electrons. The van der Waals surface area contributed by atoms with Crippen LogP contribution in [0.2, 0.25) is 0 Å². The van der Waals surface area contributed by atoms with E-state index in [9.17, 15) is 0 Å². The summed E-state index contributed by atoms with van der Waals surface area (Å²) in [4.78, 5) is 41.0. The van der Waals surface area contributed by atoms with E-state index >= 15 is 0 Å². The van der Waals surface area contributed by atoms with Crippen molar-refractivity contribution in [2.75, 3.05) is 0 Å². The first-order chi connectivity index (χ1) is 10.3. The van der Waals surface area contributed by atoms with Gasteiger partial charge in [-0.1, -0.05) is 0 Å². The van der Waals surface area contributed by atoms with Gasteiger partial charge in [0.15, 0.2) is 0 Å². The molecule has 0 aliphatic heterocycles. The second-order valence-electron chi connectivity index (χ2n) is 2.46. The summed E-state index contributed by atoms with van der Waals surface area (Å²) in [5.74, 6) is -8.74. The van der Waals surface area contributed by atoms with Crippen molar-refractivity contribution in [1.82, 2.24) is 30.4 Å². The number of hydrogen-bond donors (Lipinski definition) is 2. The first kappa shape index (κ1) is 49.8. The number of nitrogens with one attached hydrogen (secondary N) is 2. The zero-order chi connectivity index (χ0) is 17.4. The topological polar surface area (TPSA) is 370 Å². The Morgan fingerprint density at radius 3 is 0.679 bits per heavy atom. The molecule has 2 heterocycles. The third-order valence-corrected chi connectivity index (χ3v) is 0.996. The fraction of sp³-hybridized carbons (Fsp3) is 0. The minimum Gasteiger partial charge on any atom is -0.543 e. The van der Waals surface area contributed by atoms with Crippen molar-refractivity contribution in [2.24, 2.45) is 0 Å². The fourth-order valence-corrected chi connectivity index (χ4v) is 0.333. The van der Waals surface area contributed by atoms with Crippen LogP contribution < -0.4 is 20.4 Å². The molecule has 0 fully saturated rings. The Kier molecular flexibility index (Phi) is 62.7. The summed E-state index contributed by atoms with van der Waals surface area (Å²) in [5, 5.41) is 49.4. The maximum absolute atomic E-state index is 8.93. The van der Waals surface area contributed by atoms with E-state index < -0.39 is 23.9 Å². The molecule has 0 amide bonds. The number of nitrogens with zero attached hydrogens (tertiary/aromatic N) is 4. The first-order valence-corrected chi connectivity index (χ1v) is 4.72. The third kappa shape index (κ3) is 49.5. The Bertz CT molecular complexity index is 446. The molecule has 18 nitrogen and oxygen atoms in total. The smallest absolute Gasteiger partial charge is 0.543 e. The van der Waals surface area contributed by atoms with Crippen molar-refractivity contribution >= 4 is 23.9 Å². The van der Waals surface area contributed by atoms with Gasteiger partial charge in [0.1, 0.15) is 25.3 Å². The molecule has 2 aromatic rings. The number of carboxylic acid groups (broad SMARTS) is 4. The number of aliphatic carboxylic acids is 4. The maximum Gasteiger partial charge on any atom is 2.00 e. The maximum atomic E-state index is 8.93. The molecule has 20 heteroatoms. The van der Waals surface area contributed by atoms with Crippen LogP contribution in [0.5, 0.6) is 0 Å². The summed E-state index contributed by atoms with van der Waals surface area (Å²) in [5.41, 5.74) is 0. The van der Waals surface area contributed by atoms with Gasteiger partial charge in [0, 0.05) is 0 Å². The predicted molar refractivity (Wildman–Crippen MR) is 67.2 cm³/mol. The van der Waals surface area contributed by atoms with Gasteiger partial charge >= 0.3 is 34.1 Å². The molecule has 0 saturated carbocycles. The number of H-pyrrole nitrogens is 2. The molecule has 0 aliphatic carbocycles. The molecule has 0 aliphatic rings. The van der Waals surface area contributed by atoms with Crippen molar-refractivity contribution in [3.05, 3.63) is 25.3 Å². The summed E-state index contributed by atoms with van der Waals surface area (Å²) in [6.07, 6.45) is 6.06. The fourth-order valence-electron chi connectivity index (χ4n) is 0.333. The van der Waals surface area contributed by atoms with Gasteiger partial charge in [0.2, 0.25) is 0 Å². The molecular weight excluding hydrogens is 499 g/mol. The van der Waals surface area contributed by atoms with Crippen LogP contribution in [-0.4, -0.2) is 76.1 Å². The van der Waals surface area contributed by atoms with Crippen molar-refractivity contribution in [3.8, 4) is 0 Å². The van der Waals surface area contributed by atoms with Crippen molar-refractivity contribution < 1.29 is 95.6 Å². The first-order valence-electron chi connectivity index (χ1n) is 4.72. The molecular formula is C8H14Cu2N6O12. The summed E-state index contributed by atoms with van der Waals surface area (Å²) < 4.78 is 0. The van der Waals surface area contributed by atoms with E-state index in [0.717, 1.165) is 0 Å². The Morgan fingerprint density at radius 2 is 0.643 bits per heavy atom. The number of hydrogen-bond acceptors (Lipinski definition) is 12. The number of carboxylic acids is 4. The Morgan fingerprint density at radius 1 is 0.500 bits per heavy atom. The van der Waals surface area contributed by atoms with Gasteiger partial charge in [-0.15, -0.1) is 20.4 Å². The van der Waals surface area contributed by atoms with Crippen LogP contribution in [-0.2, 0) is 53.3 Å². The second-order valence-corrected chi connectivity index (χ2v) is 2.46. The molecule has 10 N–H and O–H groups in total. The van der Waals surface area contributed by atoms with Gasteiger partial charge in [-0.05, 0) is 0 Å². The zero-order valence-electron chi connectivity index (χ0n) is 13.0. The largest absolute Gasteiger partial charge is 2.00 e. The van der Waals surface area contributed by atoms with Crippen molar-refractivity contribution in [2.45, 2.75) is 0 Å². The van der Waals surface area contributed by atoms with E-state index in [2.05, 4.69) is 30.4 Å². The molecule has 2 radical (unpaired) electrons. The van der Waals surface area contributed by atoms with Gasteiger partial charge in [-0.3, -0.25) is 0 Å². The van der Waals surface area contributed by atoms with E-state index in [4.69, 9.17) is 39.6 Å². The van der Waals surface area contributed by atoms with Gasteiger partial charge in [0.25, 0.3) is 0 Å². The van der Waals surface area contributed by atoms with E-state index in [0.29, 0.717) is 0 Å². The normalized spacial score (nSPS) is 6.00. The molecule has 0 aromatic carbocycles. The Hall–Kier alpha value is -2.96. The average molecular weight is 513 g/mol.